The maximum atomic E-state index is 12.5. The summed E-state index contributed by atoms with van der Waals surface area (Å²) < 4.78 is 0.395. The average molecular weight is 407 g/mol. The molecule has 0 spiro atoms. The SMILES string of the molecule is CC(C)CC(NC(=O)CCN1C(=O)/C(=C\c2ccccc2)SC1=S)C(=O)O. The summed E-state index contributed by atoms with van der Waals surface area (Å²) in [5, 5.41) is 11.7. The summed E-state index contributed by atoms with van der Waals surface area (Å²) in [6.45, 7) is 3.90. The number of rotatable bonds is 8. The van der Waals surface area contributed by atoms with Crippen LogP contribution in [-0.4, -0.2) is 44.7 Å². The van der Waals surface area contributed by atoms with Crippen LogP contribution in [0.1, 0.15) is 32.3 Å². The fourth-order valence-corrected chi connectivity index (χ4v) is 3.87. The largest absolute Gasteiger partial charge is 0.480 e. The van der Waals surface area contributed by atoms with Gasteiger partial charge in [-0.25, -0.2) is 4.79 Å². The second kappa shape index (κ2) is 9.66. The number of hydrogen-bond acceptors (Lipinski definition) is 5. The van der Waals surface area contributed by atoms with Gasteiger partial charge in [-0.3, -0.25) is 14.5 Å². The zero-order chi connectivity index (χ0) is 20.0. The van der Waals surface area contributed by atoms with Gasteiger partial charge in [0.25, 0.3) is 5.91 Å². The van der Waals surface area contributed by atoms with Crippen molar-refractivity contribution in [1.29, 1.82) is 0 Å². The molecule has 0 radical (unpaired) electrons. The molecule has 27 heavy (non-hydrogen) atoms. The minimum absolute atomic E-state index is 0.00701. The minimum Gasteiger partial charge on any atom is -0.480 e. The molecule has 2 rings (SSSR count). The Morgan fingerprint density at radius 2 is 1.96 bits per heavy atom. The van der Waals surface area contributed by atoms with Gasteiger partial charge in [0.05, 0.1) is 4.91 Å². The second-order valence-electron chi connectivity index (χ2n) is 6.58. The number of carbonyl (C=O) groups excluding carboxylic acids is 2. The number of carboxylic acid groups (broad SMARTS) is 1. The number of amides is 2. The van der Waals surface area contributed by atoms with Crippen molar-refractivity contribution in [3.63, 3.8) is 0 Å². The van der Waals surface area contributed by atoms with Crippen molar-refractivity contribution in [2.45, 2.75) is 32.7 Å². The van der Waals surface area contributed by atoms with Crippen molar-refractivity contribution >= 4 is 52.2 Å². The van der Waals surface area contributed by atoms with Gasteiger partial charge in [-0.05, 0) is 24.0 Å². The molecule has 1 saturated heterocycles. The third-order valence-electron chi connectivity index (χ3n) is 3.87. The smallest absolute Gasteiger partial charge is 0.326 e. The van der Waals surface area contributed by atoms with Gasteiger partial charge in [-0.1, -0.05) is 68.2 Å². The van der Waals surface area contributed by atoms with Gasteiger partial charge in [-0.2, -0.15) is 0 Å². The van der Waals surface area contributed by atoms with Crippen LogP contribution in [0.4, 0.5) is 0 Å². The molecule has 1 aromatic carbocycles. The van der Waals surface area contributed by atoms with E-state index in [0.29, 0.717) is 15.6 Å². The third-order valence-corrected chi connectivity index (χ3v) is 5.25. The first-order chi connectivity index (χ1) is 12.8. The standard InChI is InChI=1S/C19H22N2O4S2/c1-12(2)10-14(18(24)25)20-16(22)8-9-21-17(23)15(27-19(21)26)11-13-6-4-3-5-7-13/h3-7,11-12,14H,8-10H2,1-2H3,(H,20,22)(H,24,25)/b15-11+. The zero-order valence-corrected chi connectivity index (χ0v) is 16.8. The lowest BCUT2D eigenvalue weighted by Gasteiger charge is -2.18. The molecule has 1 heterocycles. The van der Waals surface area contributed by atoms with Crippen LogP contribution in [0.2, 0.25) is 0 Å². The van der Waals surface area contributed by atoms with Crippen molar-refractivity contribution in [1.82, 2.24) is 10.2 Å². The van der Waals surface area contributed by atoms with Gasteiger partial charge in [0.15, 0.2) is 0 Å². The van der Waals surface area contributed by atoms with Crippen molar-refractivity contribution < 1.29 is 19.5 Å². The highest BCUT2D eigenvalue weighted by Gasteiger charge is 2.32. The molecule has 1 unspecified atom stereocenters. The number of aliphatic carboxylic acids is 1. The number of nitrogens with one attached hydrogen (secondary N) is 1. The molecule has 1 fully saturated rings. The first kappa shape index (κ1) is 21.1. The number of benzene rings is 1. The Bertz CT molecular complexity index is 762. The van der Waals surface area contributed by atoms with Gasteiger partial charge in [0.1, 0.15) is 10.4 Å². The molecule has 0 aromatic heterocycles. The first-order valence-electron chi connectivity index (χ1n) is 8.60. The van der Waals surface area contributed by atoms with Crippen LogP contribution < -0.4 is 5.32 Å². The molecule has 2 N–H and O–H groups in total. The predicted octanol–water partition coefficient (Wildman–Crippen LogP) is 2.89. The summed E-state index contributed by atoms with van der Waals surface area (Å²) in [5.74, 6) is -1.57. The van der Waals surface area contributed by atoms with E-state index in [1.165, 1.54) is 16.7 Å². The fraction of sp³-hybridized carbons (Fsp3) is 0.368. The Hall–Kier alpha value is -2.19. The van der Waals surface area contributed by atoms with E-state index in [4.69, 9.17) is 12.2 Å². The Morgan fingerprint density at radius 1 is 1.30 bits per heavy atom. The van der Waals surface area contributed by atoms with Crippen molar-refractivity contribution in [3.8, 4) is 0 Å². The topological polar surface area (TPSA) is 86.7 Å². The number of nitrogens with zero attached hydrogens (tertiary/aromatic N) is 1. The normalized spacial score (nSPS) is 16.9. The van der Waals surface area contributed by atoms with E-state index in [1.807, 2.05) is 44.2 Å². The van der Waals surface area contributed by atoms with Crippen molar-refractivity contribution in [3.05, 3.63) is 40.8 Å². The van der Waals surface area contributed by atoms with E-state index < -0.39 is 17.9 Å². The van der Waals surface area contributed by atoms with Gasteiger partial charge < -0.3 is 10.4 Å². The summed E-state index contributed by atoms with van der Waals surface area (Å²) in [6.07, 6.45) is 2.11. The quantitative estimate of drug-likeness (QED) is 0.510. The third kappa shape index (κ3) is 6.18. The lowest BCUT2D eigenvalue weighted by Crippen LogP contribution is -2.43. The van der Waals surface area contributed by atoms with Gasteiger partial charge >= 0.3 is 5.97 Å². The molecule has 0 bridgehead atoms. The van der Waals surface area contributed by atoms with Crippen LogP contribution in [-0.2, 0) is 14.4 Å². The summed E-state index contributed by atoms with van der Waals surface area (Å²) in [5.41, 5.74) is 0.897. The second-order valence-corrected chi connectivity index (χ2v) is 8.26. The molecular weight excluding hydrogens is 384 g/mol. The summed E-state index contributed by atoms with van der Waals surface area (Å²) in [7, 11) is 0. The molecule has 1 aliphatic heterocycles. The molecule has 8 heteroatoms. The highest BCUT2D eigenvalue weighted by atomic mass is 32.2. The molecule has 1 aromatic rings. The van der Waals surface area contributed by atoms with Crippen LogP contribution in [0.15, 0.2) is 35.2 Å². The van der Waals surface area contributed by atoms with Crippen LogP contribution in [0.5, 0.6) is 0 Å². The van der Waals surface area contributed by atoms with E-state index in [9.17, 15) is 19.5 Å². The maximum Gasteiger partial charge on any atom is 0.326 e. The van der Waals surface area contributed by atoms with E-state index in [2.05, 4.69) is 5.32 Å². The summed E-state index contributed by atoms with van der Waals surface area (Å²) in [4.78, 5) is 37.8. The number of thiocarbonyl (C=S) groups is 1. The molecule has 6 nitrogen and oxygen atoms in total. The van der Waals surface area contributed by atoms with E-state index in [-0.39, 0.29) is 24.8 Å². The Kier molecular flexibility index (Phi) is 7.55. The number of hydrogen-bond donors (Lipinski definition) is 2. The summed E-state index contributed by atoms with van der Waals surface area (Å²) in [6, 6.07) is 8.51. The highest BCUT2D eigenvalue weighted by molar-refractivity contribution is 8.26. The van der Waals surface area contributed by atoms with Crippen molar-refractivity contribution in [2.24, 2.45) is 5.92 Å². The average Bonchev–Trinajstić information content (AvgIpc) is 2.86. The zero-order valence-electron chi connectivity index (χ0n) is 15.2. The Balaban J connectivity index is 1.94. The molecule has 1 aliphatic rings. The van der Waals surface area contributed by atoms with Crippen molar-refractivity contribution in [2.75, 3.05) is 6.54 Å². The van der Waals surface area contributed by atoms with Gasteiger partial charge in [0.2, 0.25) is 5.91 Å². The minimum atomic E-state index is -1.06. The van der Waals surface area contributed by atoms with Gasteiger partial charge in [0, 0.05) is 13.0 Å². The van der Waals surface area contributed by atoms with Crippen LogP contribution >= 0.6 is 24.0 Å². The lowest BCUT2D eigenvalue weighted by atomic mass is 10.0. The maximum absolute atomic E-state index is 12.5. The number of carboxylic acids is 1. The molecular formula is C19H22N2O4S2. The first-order valence-corrected chi connectivity index (χ1v) is 9.83. The van der Waals surface area contributed by atoms with E-state index in [0.717, 1.165) is 5.56 Å². The highest BCUT2D eigenvalue weighted by Crippen LogP contribution is 2.32. The predicted molar refractivity (Wildman–Crippen MR) is 110 cm³/mol. The molecule has 0 aliphatic carbocycles. The molecule has 1 atom stereocenters. The fourth-order valence-electron chi connectivity index (χ4n) is 2.57. The van der Waals surface area contributed by atoms with E-state index in [1.54, 1.807) is 6.08 Å². The Labute approximate surface area is 168 Å². The molecule has 0 saturated carbocycles. The number of thioether (sulfide) groups is 1. The van der Waals surface area contributed by atoms with E-state index >= 15 is 0 Å². The van der Waals surface area contributed by atoms with Crippen LogP contribution in [0.25, 0.3) is 6.08 Å². The monoisotopic (exact) mass is 406 g/mol. The lowest BCUT2D eigenvalue weighted by molar-refractivity contribution is -0.142. The summed E-state index contributed by atoms with van der Waals surface area (Å²) >= 11 is 6.45. The number of carbonyl (C=O) groups is 3. The molecule has 2 amide bonds. The van der Waals surface area contributed by atoms with Gasteiger partial charge in [-0.15, -0.1) is 0 Å². The Morgan fingerprint density at radius 3 is 2.56 bits per heavy atom. The molecule has 144 valence electrons. The van der Waals surface area contributed by atoms with Crippen LogP contribution in [0, 0.1) is 5.92 Å². The van der Waals surface area contributed by atoms with Crippen LogP contribution in [0.3, 0.4) is 0 Å².